The highest BCUT2D eigenvalue weighted by Gasteiger charge is 2.24. The highest BCUT2D eigenvalue weighted by atomic mass is 16.5. The fourth-order valence-corrected chi connectivity index (χ4v) is 2.82. The van der Waals surface area contributed by atoms with Crippen LogP contribution in [0, 0.1) is 0 Å². The zero-order valence-electron chi connectivity index (χ0n) is 17.0. The smallest absolute Gasteiger partial charge is 0.185 e. The van der Waals surface area contributed by atoms with Gasteiger partial charge in [0.2, 0.25) is 0 Å². The lowest BCUT2D eigenvalue weighted by Crippen LogP contribution is -2.16. The van der Waals surface area contributed by atoms with Gasteiger partial charge in [-0.05, 0) is 56.3 Å². The zero-order valence-corrected chi connectivity index (χ0v) is 17.0. The summed E-state index contributed by atoms with van der Waals surface area (Å²) in [5, 5.41) is 9.40. The van der Waals surface area contributed by atoms with E-state index in [4.69, 9.17) is 9.47 Å². The van der Waals surface area contributed by atoms with Gasteiger partial charge in [0.25, 0.3) is 0 Å². The number of ether oxygens (including phenoxy) is 2. The fourth-order valence-electron chi connectivity index (χ4n) is 2.82. The van der Waals surface area contributed by atoms with Crippen molar-refractivity contribution in [2.24, 2.45) is 0 Å². The molecule has 1 N–H and O–H groups in total. The van der Waals surface area contributed by atoms with E-state index < -0.39 is 0 Å². The molecule has 0 heterocycles. The van der Waals surface area contributed by atoms with Gasteiger partial charge >= 0.3 is 0 Å². The number of benzene rings is 2. The molecule has 28 heavy (non-hydrogen) atoms. The summed E-state index contributed by atoms with van der Waals surface area (Å²) in [7, 11) is 0. The number of rotatable bonds is 9. The average Bonchev–Trinajstić information content (AvgIpc) is 2.68. The predicted molar refractivity (Wildman–Crippen MR) is 113 cm³/mol. The summed E-state index contributed by atoms with van der Waals surface area (Å²) < 4.78 is 11.8. The van der Waals surface area contributed by atoms with E-state index in [-0.39, 0.29) is 16.9 Å². The molecule has 0 unspecified atom stereocenters. The molecular weight excluding hydrogens is 352 g/mol. The molecule has 0 radical (unpaired) electrons. The molecule has 0 bridgehead atoms. The molecule has 2 aromatic carbocycles. The molecule has 0 spiro atoms. The van der Waals surface area contributed by atoms with Crippen molar-refractivity contribution in [3.63, 3.8) is 0 Å². The molecule has 2 rings (SSSR count). The largest absolute Gasteiger partial charge is 0.508 e. The van der Waals surface area contributed by atoms with Gasteiger partial charge in [0.1, 0.15) is 17.2 Å². The highest BCUT2D eigenvalue weighted by molar-refractivity contribution is 6.07. The summed E-state index contributed by atoms with van der Waals surface area (Å²) in [5.74, 6) is 1.30. The van der Waals surface area contributed by atoms with E-state index in [1.54, 1.807) is 18.2 Å². The van der Waals surface area contributed by atoms with Crippen LogP contribution in [-0.2, 0) is 5.41 Å². The molecule has 4 nitrogen and oxygen atoms in total. The van der Waals surface area contributed by atoms with E-state index in [0.717, 1.165) is 11.1 Å². The molecule has 0 saturated heterocycles. The van der Waals surface area contributed by atoms with Crippen LogP contribution in [0.5, 0.6) is 17.2 Å². The maximum Gasteiger partial charge on any atom is 0.185 e. The topological polar surface area (TPSA) is 55.8 Å². The Kier molecular flexibility index (Phi) is 7.05. The third-order valence-electron chi connectivity index (χ3n) is 4.50. The number of aromatic hydroxyl groups is 1. The summed E-state index contributed by atoms with van der Waals surface area (Å²) >= 11 is 0. The van der Waals surface area contributed by atoms with Gasteiger partial charge in [-0.1, -0.05) is 26.0 Å². The fraction of sp³-hybridized carbons (Fsp3) is 0.292. The van der Waals surface area contributed by atoms with Gasteiger partial charge in [-0.15, -0.1) is 6.58 Å². The Balaban J connectivity index is 2.54. The molecule has 0 aromatic heterocycles. The molecule has 2 aromatic rings. The number of phenolic OH excluding ortho intramolecular Hbond substituents is 1. The van der Waals surface area contributed by atoms with Gasteiger partial charge in [0, 0.05) is 16.5 Å². The van der Waals surface area contributed by atoms with Crippen LogP contribution in [0.3, 0.4) is 0 Å². The second kappa shape index (κ2) is 9.27. The first-order chi connectivity index (χ1) is 13.3. The summed E-state index contributed by atoms with van der Waals surface area (Å²) in [6, 6.07) is 10.0. The van der Waals surface area contributed by atoms with Crippen LogP contribution in [0.1, 0.15) is 49.2 Å². The Morgan fingerprint density at radius 2 is 1.71 bits per heavy atom. The van der Waals surface area contributed by atoms with E-state index in [0.29, 0.717) is 30.3 Å². The van der Waals surface area contributed by atoms with Crippen LogP contribution < -0.4 is 9.47 Å². The lowest BCUT2D eigenvalue weighted by atomic mass is 9.83. The normalized spacial score (nSPS) is 11.4. The standard InChI is InChI=1S/C24H28O4/c1-6-24(4,5)20-14-16-22(27-7-2)19(23(20)28-8-3)13-15-21(26)17-9-11-18(25)12-10-17/h6,9-16,25H,1,7-8H2,2-5H3. The summed E-state index contributed by atoms with van der Waals surface area (Å²) in [6.45, 7) is 12.9. The number of hydrogen-bond donors (Lipinski definition) is 1. The van der Waals surface area contributed by atoms with Crippen molar-refractivity contribution in [3.8, 4) is 17.2 Å². The number of carbonyl (C=O) groups excluding carboxylic acids is 1. The van der Waals surface area contributed by atoms with Crippen LogP contribution in [0.2, 0.25) is 0 Å². The van der Waals surface area contributed by atoms with E-state index in [2.05, 4.69) is 20.4 Å². The van der Waals surface area contributed by atoms with Crippen LogP contribution in [0.25, 0.3) is 6.08 Å². The Labute approximate surface area is 167 Å². The molecule has 0 aliphatic rings. The van der Waals surface area contributed by atoms with Crippen LogP contribution in [0.4, 0.5) is 0 Å². The second-order valence-corrected chi connectivity index (χ2v) is 6.89. The quantitative estimate of drug-likeness (QED) is 0.352. The first-order valence-electron chi connectivity index (χ1n) is 9.42. The maximum absolute atomic E-state index is 12.5. The average molecular weight is 380 g/mol. The van der Waals surface area contributed by atoms with Gasteiger partial charge in [0.15, 0.2) is 5.78 Å². The second-order valence-electron chi connectivity index (χ2n) is 6.89. The minimum atomic E-state index is -0.307. The third-order valence-corrected chi connectivity index (χ3v) is 4.50. The number of hydrogen-bond acceptors (Lipinski definition) is 4. The summed E-state index contributed by atoms with van der Waals surface area (Å²) in [6.07, 6.45) is 5.10. The van der Waals surface area contributed by atoms with Crippen molar-refractivity contribution < 1.29 is 19.4 Å². The van der Waals surface area contributed by atoms with Crippen molar-refractivity contribution >= 4 is 11.9 Å². The first-order valence-corrected chi connectivity index (χ1v) is 9.42. The molecule has 0 saturated carbocycles. The van der Waals surface area contributed by atoms with E-state index >= 15 is 0 Å². The van der Waals surface area contributed by atoms with Crippen LogP contribution in [-0.4, -0.2) is 24.1 Å². The molecular formula is C24H28O4. The Hall–Kier alpha value is -3.01. The first kappa shape index (κ1) is 21.3. The third kappa shape index (κ3) is 4.83. The number of carbonyl (C=O) groups is 1. The van der Waals surface area contributed by atoms with E-state index in [1.165, 1.54) is 18.2 Å². The summed E-state index contributed by atoms with van der Waals surface area (Å²) in [4.78, 5) is 12.5. The number of ketones is 1. The molecule has 0 fully saturated rings. The Morgan fingerprint density at radius 3 is 2.29 bits per heavy atom. The van der Waals surface area contributed by atoms with Crippen molar-refractivity contribution in [1.82, 2.24) is 0 Å². The van der Waals surface area contributed by atoms with Crippen molar-refractivity contribution in [1.29, 1.82) is 0 Å². The molecule has 148 valence electrons. The van der Waals surface area contributed by atoms with Gasteiger partial charge in [-0.2, -0.15) is 0 Å². The molecule has 0 aliphatic heterocycles. The SMILES string of the molecule is C=CC(C)(C)c1ccc(OCC)c(C=CC(=O)c2ccc(O)cc2)c1OCC. The minimum absolute atomic E-state index is 0.122. The molecule has 0 aliphatic carbocycles. The van der Waals surface area contributed by atoms with Crippen LogP contribution >= 0.6 is 0 Å². The zero-order chi connectivity index (χ0) is 20.7. The Morgan fingerprint density at radius 1 is 1.07 bits per heavy atom. The van der Waals surface area contributed by atoms with E-state index in [1.807, 2.05) is 32.1 Å². The molecule has 0 amide bonds. The Bertz CT molecular complexity index is 861. The van der Waals surface area contributed by atoms with Gasteiger partial charge in [-0.3, -0.25) is 4.79 Å². The van der Waals surface area contributed by atoms with Gasteiger partial charge in [0.05, 0.1) is 18.8 Å². The van der Waals surface area contributed by atoms with E-state index in [9.17, 15) is 9.90 Å². The number of phenols is 1. The summed E-state index contributed by atoms with van der Waals surface area (Å²) in [5.41, 5.74) is 1.89. The van der Waals surface area contributed by atoms with Gasteiger partial charge in [-0.25, -0.2) is 0 Å². The van der Waals surface area contributed by atoms with Crippen molar-refractivity contribution in [3.05, 3.63) is 71.8 Å². The highest BCUT2D eigenvalue weighted by Crippen LogP contribution is 2.40. The number of allylic oxidation sites excluding steroid dienone is 2. The van der Waals surface area contributed by atoms with Gasteiger partial charge < -0.3 is 14.6 Å². The van der Waals surface area contributed by atoms with Crippen molar-refractivity contribution in [2.75, 3.05) is 13.2 Å². The minimum Gasteiger partial charge on any atom is -0.508 e. The van der Waals surface area contributed by atoms with Crippen molar-refractivity contribution in [2.45, 2.75) is 33.1 Å². The predicted octanol–water partition coefficient (Wildman–Crippen LogP) is 5.55. The molecule has 0 atom stereocenters. The van der Waals surface area contributed by atoms with Crippen LogP contribution in [0.15, 0.2) is 55.1 Å². The maximum atomic E-state index is 12.5. The lowest BCUT2D eigenvalue weighted by Gasteiger charge is -2.26. The molecule has 4 heteroatoms. The monoisotopic (exact) mass is 380 g/mol. The lowest BCUT2D eigenvalue weighted by molar-refractivity contribution is 0.104.